The maximum Gasteiger partial charge on any atom is 0.174 e. The Labute approximate surface area is 155 Å². The van der Waals surface area contributed by atoms with Crippen molar-refractivity contribution in [3.63, 3.8) is 0 Å². The summed E-state index contributed by atoms with van der Waals surface area (Å²) in [5, 5.41) is 2.10. The molecule has 3 aromatic rings. The molecule has 0 radical (unpaired) electrons. The Hall–Kier alpha value is -1.42. The number of halogens is 2. The Bertz CT molecular complexity index is 888. The molecule has 1 aromatic heterocycles. The van der Waals surface area contributed by atoms with E-state index in [1.165, 1.54) is 5.56 Å². The predicted octanol–water partition coefficient (Wildman–Crippen LogP) is 6.15. The van der Waals surface area contributed by atoms with E-state index in [1.807, 2.05) is 30.5 Å². The van der Waals surface area contributed by atoms with Gasteiger partial charge in [0.1, 0.15) is 0 Å². The highest BCUT2D eigenvalue weighted by Gasteiger charge is 2.13. The number of aromatic nitrogens is 1. The van der Waals surface area contributed by atoms with Gasteiger partial charge in [-0.15, -0.1) is 11.8 Å². The number of thioether (sulfide) groups is 1. The van der Waals surface area contributed by atoms with Crippen molar-refractivity contribution in [2.24, 2.45) is 0 Å². The molecule has 0 bridgehead atoms. The van der Waals surface area contributed by atoms with Crippen LogP contribution in [0.1, 0.15) is 28.4 Å². The van der Waals surface area contributed by atoms with Crippen molar-refractivity contribution in [3.8, 4) is 0 Å². The van der Waals surface area contributed by atoms with Gasteiger partial charge in [0.15, 0.2) is 5.78 Å². The number of aryl methyl sites for hydroxylation is 1. The number of hydrogen-bond acceptors (Lipinski definition) is 2. The van der Waals surface area contributed by atoms with E-state index in [1.54, 1.807) is 17.8 Å². The summed E-state index contributed by atoms with van der Waals surface area (Å²) >= 11 is 13.5. The number of benzene rings is 2. The van der Waals surface area contributed by atoms with Crippen LogP contribution >= 0.6 is 35.0 Å². The van der Waals surface area contributed by atoms with Crippen LogP contribution in [0.4, 0.5) is 0 Å². The van der Waals surface area contributed by atoms with Gasteiger partial charge in [0.25, 0.3) is 0 Å². The SMILES string of the molecule is CCc1cccc2c(C(=O)CSCc3ccc(Cl)c(Cl)c3)c[nH]c12. The number of nitrogens with one attached hydrogen (secondary N) is 1. The van der Waals surface area contributed by atoms with E-state index >= 15 is 0 Å². The number of ketones is 1. The van der Waals surface area contributed by atoms with Crippen LogP contribution in [0.2, 0.25) is 10.0 Å². The minimum absolute atomic E-state index is 0.138. The minimum atomic E-state index is 0.138. The fourth-order valence-corrected chi connectivity index (χ4v) is 3.89. The van der Waals surface area contributed by atoms with E-state index in [2.05, 4.69) is 18.0 Å². The molecule has 1 heterocycles. The largest absolute Gasteiger partial charge is 0.360 e. The van der Waals surface area contributed by atoms with Crippen LogP contribution in [0.3, 0.4) is 0 Å². The summed E-state index contributed by atoms with van der Waals surface area (Å²) in [6, 6.07) is 11.7. The molecule has 0 aliphatic rings. The Balaban J connectivity index is 1.68. The molecular weight excluding hydrogens is 361 g/mol. The molecule has 0 spiro atoms. The first-order chi connectivity index (χ1) is 11.6. The summed E-state index contributed by atoms with van der Waals surface area (Å²) in [6.45, 7) is 2.12. The molecule has 1 N–H and O–H groups in total. The van der Waals surface area contributed by atoms with Crippen LogP contribution < -0.4 is 0 Å². The van der Waals surface area contributed by atoms with Gasteiger partial charge in [-0.3, -0.25) is 4.79 Å². The third-order valence-corrected chi connectivity index (χ3v) is 5.71. The normalized spacial score (nSPS) is 11.1. The maximum atomic E-state index is 12.5. The van der Waals surface area contributed by atoms with Gasteiger partial charge in [0, 0.05) is 28.4 Å². The molecule has 124 valence electrons. The summed E-state index contributed by atoms with van der Waals surface area (Å²) in [4.78, 5) is 15.8. The molecule has 0 saturated heterocycles. The van der Waals surface area contributed by atoms with Crippen molar-refractivity contribution in [1.29, 1.82) is 0 Å². The van der Waals surface area contributed by atoms with E-state index in [4.69, 9.17) is 23.2 Å². The number of rotatable bonds is 6. The van der Waals surface area contributed by atoms with Crippen LogP contribution in [0, 0.1) is 0 Å². The first kappa shape index (κ1) is 17.4. The summed E-state index contributed by atoms with van der Waals surface area (Å²) in [5.41, 5.74) is 4.13. The molecule has 0 fully saturated rings. The second-order valence-electron chi connectivity index (χ2n) is 5.56. The zero-order valence-corrected chi connectivity index (χ0v) is 15.6. The lowest BCUT2D eigenvalue weighted by atomic mass is 10.1. The number of Topliss-reactive ketones (excluding diaryl/α,β-unsaturated/α-hetero) is 1. The average Bonchev–Trinajstić information content (AvgIpc) is 3.02. The molecule has 24 heavy (non-hydrogen) atoms. The number of H-pyrrole nitrogens is 1. The first-order valence-corrected chi connectivity index (χ1v) is 9.65. The molecule has 0 aliphatic heterocycles. The molecule has 0 saturated carbocycles. The van der Waals surface area contributed by atoms with E-state index in [0.717, 1.165) is 34.2 Å². The maximum absolute atomic E-state index is 12.5. The molecule has 2 aromatic carbocycles. The van der Waals surface area contributed by atoms with Gasteiger partial charge < -0.3 is 4.98 Å². The van der Waals surface area contributed by atoms with Crippen molar-refractivity contribution in [2.75, 3.05) is 5.75 Å². The fraction of sp³-hybridized carbons (Fsp3) is 0.211. The Morgan fingerprint density at radius 2 is 2.00 bits per heavy atom. The van der Waals surface area contributed by atoms with Gasteiger partial charge >= 0.3 is 0 Å². The highest BCUT2D eigenvalue weighted by atomic mass is 35.5. The van der Waals surface area contributed by atoms with Gasteiger partial charge in [-0.25, -0.2) is 0 Å². The standard InChI is InChI=1S/C19H17Cl2NOS/c1-2-13-4-3-5-14-15(9-22-19(13)14)18(23)11-24-10-12-6-7-16(20)17(21)8-12/h3-9,22H,2,10-11H2,1H3. The molecule has 0 atom stereocenters. The highest BCUT2D eigenvalue weighted by molar-refractivity contribution is 7.99. The van der Waals surface area contributed by atoms with E-state index in [-0.39, 0.29) is 5.78 Å². The number of fused-ring (bicyclic) bond motifs is 1. The number of hydrogen-bond donors (Lipinski definition) is 1. The lowest BCUT2D eigenvalue weighted by Gasteiger charge is -2.04. The Morgan fingerprint density at radius 3 is 2.75 bits per heavy atom. The van der Waals surface area contributed by atoms with Gasteiger partial charge in [0.05, 0.1) is 15.8 Å². The van der Waals surface area contributed by atoms with Gasteiger partial charge in [0.2, 0.25) is 0 Å². The number of para-hydroxylation sites is 1. The molecule has 0 unspecified atom stereocenters. The van der Waals surface area contributed by atoms with E-state index in [9.17, 15) is 4.79 Å². The predicted molar refractivity (Wildman–Crippen MR) is 105 cm³/mol. The van der Waals surface area contributed by atoms with Gasteiger partial charge in [-0.05, 0) is 29.7 Å². The Kier molecular flexibility index (Phi) is 5.54. The van der Waals surface area contributed by atoms with Crippen LogP contribution in [0.15, 0.2) is 42.6 Å². The van der Waals surface area contributed by atoms with Crippen LogP contribution in [0.25, 0.3) is 10.9 Å². The van der Waals surface area contributed by atoms with Gasteiger partial charge in [-0.2, -0.15) is 0 Å². The monoisotopic (exact) mass is 377 g/mol. The molecular formula is C19H17Cl2NOS. The van der Waals surface area contributed by atoms with Gasteiger partial charge in [-0.1, -0.05) is 54.4 Å². The lowest BCUT2D eigenvalue weighted by molar-refractivity contribution is 0.102. The Morgan fingerprint density at radius 1 is 1.17 bits per heavy atom. The van der Waals surface area contributed by atoms with Crippen molar-refractivity contribution in [2.45, 2.75) is 19.1 Å². The minimum Gasteiger partial charge on any atom is -0.360 e. The number of carbonyl (C=O) groups is 1. The number of carbonyl (C=O) groups excluding carboxylic acids is 1. The second-order valence-corrected chi connectivity index (χ2v) is 7.36. The fourth-order valence-electron chi connectivity index (χ4n) is 2.71. The summed E-state index contributed by atoms with van der Waals surface area (Å²) in [7, 11) is 0. The highest BCUT2D eigenvalue weighted by Crippen LogP contribution is 2.26. The molecule has 3 rings (SSSR count). The van der Waals surface area contributed by atoms with Crippen molar-refractivity contribution < 1.29 is 4.79 Å². The second kappa shape index (κ2) is 7.64. The zero-order valence-electron chi connectivity index (χ0n) is 13.2. The first-order valence-electron chi connectivity index (χ1n) is 7.74. The topological polar surface area (TPSA) is 32.9 Å². The van der Waals surface area contributed by atoms with Crippen LogP contribution in [-0.4, -0.2) is 16.5 Å². The molecule has 2 nitrogen and oxygen atoms in total. The van der Waals surface area contributed by atoms with Crippen molar-refractivity contribution >= 4 is 51.6 Å². The summed E-state index contributed by atoms with van der Waals surface area (Å²) in [5.74, 6) is 1.30. The molecule has 5 heteroatoms. The molecule has 0 aliphatic carbocycles. The number of aromatic amines is 1. The van der Waals surface area contributed by atoms with Crippen LogP contribution in [0.5, 0.6) is 0 Å². The average molecular weight is 378 g/mol. The summed E-state index contributed by atoms with van der Waals surface area (Å²) < 4.78 is 0. The van der Waals surface area contributed by atoms with Crippen LogP contribution in [-0.2, 0) is 12.2 Å². The molecule has 0 amide bonds. The van der Waals surface area contributed by atoms with Crippen molar-refractivity contribution in [1.82, 2.24) is 4.98 Å². The zero-order chi connectivity index (χ0) is 17.1. The third kappa shape index (κ3) is 3.64. The van der Waals surface area contributed by atoms with Crippen molar-refractivity contribution in [3.05, 3.63) is 69.3 Å². The summed E-state index contributed by atoms with van der Waals surface area (Å²) in [6.07, 6.45) is 2.77. The van der Waals surface area contributed by atoms with E-state index in [0.29, 0.717) is 15.8 Å². The lowest BCUT2D eigenvalue weighted by Crippen LogP contribution is -2.01. The quantitative estimate of drug-likeness (QED) is 0.522. The third-order valence-electron chi connectivity index (χ3n) is 3.97. The van der Waals surface area contributed by atoms with E-state index < -0.39 is 0 Å². The smallest absolute Gasteiger partial charge is 0.174 e.